The van der Waals surface area contributed by atoms with E-state index in [4.69, 9.17) is 16.3 Å². The molecule has 0 aromatic heterocycles. The Hall–Kier alpha value is 0.314. The Balaban J connectivity index is 0.000000720. The molecule has 0 amide bonds. The van der Waals surface area contributed by atoms with Crippen LogP contribution in [-0.2, 0) is 23.3 Å². The van der Waals surface area contributed by atoms with Gasteiger partial charge in [0.05, 0.1) is 6.10 Å². The van der Waals surface area contributed by atoms with E-state index in [9.17, 15) is 0 Å². The van der Waals surface area contributed by atoms with Gasteiger partial charge in [-0.3, -0.25) is 0 Å². The van der Waals surface area contributed by atoms with Crippen molar-refractivity contribution in [3.63, 3.8) is 0 Å². The normalized spacial score (nSPS) is 27.9. The Bertz CT molecular complexity index is 217. The van der Waals surface area contributed by atoms with Crippen molar-refractivity contribution < 1.29 is 23.3 Å². The Labute approximate surface area is 89.7 Å². The number of hydrogen-bond donors (Lipinski definition) is 0. The number of rotatable bonds is 1. The maximum atomic E-state index is 5.97. The summed E-state index contributed by atoms with van der Waals surface area (Å²) in [7, 11) is 0. The molecule has 65 valence electrons. The van der Waals surface area contributed by atoms with Gasteiger partial charge in [-0.25, -0.2) is 0 Å². The van der Waals surface area contributed by atoms with E-state index in [1.165, 1.54) is 12.0 Å². The molecule has 0 saturated carbocycles. The minimum absolute atomic E-state index is 0. The van der Waals surface area contributed by atoms with Gasteiger partial charge in [-0.1, -0.05) is 17.7 Å². The second kappa shape index (κ2) is 4.52. The van der Waals surface area contributed by atoms with Crippen LogP contribution in [0.3, 0.4) is 0 Å². The Morgan fingerprint density at radius 2 is 2.33 bits per heavy atom. The van der Waals surface area contributed by atoms with E-state index in [1.54, 1.807) is 0 Å². The van der Waals surface area contributed by atoms with Crippen LogP contribution in [0.1, 0.15) is 19.3 Å². The van der Waals surface area contributed by atoms with Gasteiger partial charge in [0.25, 0.3) is 0 Å². The first-order chi connectivity index (χ1) is 5.38. The van der Waals surface area contributed by atoms with E-state index in [1.807, 2.05) is 6.08 Å². The first kappa shape index (κ1) is 10.4. The maximum absolute atomic E-state index is 5.97. The molecule has 0 N–H and O–H groups in total. The van der Waals surface area contributed by atoms with Crippen LogP contribution >= 0.6 is 11.6 Å². The van der Waals surface area contributed by atoms with Crippen LogP contribution < -0.4 is 0 Å². The molecule has 3 heteroatoms. The van der Waals surface area contributed by atoms with Crippen molar-refractivity contribution in [2.45, 2.75) is 25.4 Å². The Morgan fingerprint density at radius 1 is 1.50 bits per heavy atom. The molecule has 1 nitrogen and oxygen atoms in total. The van der Waals surface area contributed by atoms with E-state index >= 15 is 0 Å². The molecule has 1 radical (unpaired) electrons. The van der Waals surface area contributed by atoms with Crippen LogP contribution in [0.4, 0.5) is 0 Å². The second-order valence-corrected chi connectivity index (χ2v) is 3.39. The van der Waals surface area contributed by atoms with Crippen molar-refractivity contribution in [2.75, 3.05) is 6.61 Å². The van der Waals surface area contributed by atoms with E-state index in [2.05, 4.69) is 6.08 Å². The van der Waals surface area contributed by atoms with Crippen LogP contribution in [0.2, 0.25) is 0 Å². The van der Waals surface area contributed by atoms with Crippen LogP contribution in [0.15, 0.2) is 22.8 Å². The first-order valence-electron chi connectivity index (χ1n) is 4.04. The van der Waals surface area contributed by atoms with E-state index < -0.39 is 0 Å². The quantitative estimate of drug-likeness (QED) is 0.661. The molecule has 0 bridgehead atoms. The minimum atomic E-state index is 0. The molecule has 2 rings (SSSR count). The van der Waals surface area contributed by atoms with Crippen molar-refractivity contribution in [3.8, 4) is 0 Å². The average Bonchev–Trinajstić information content (AvgIpc) is 2.55. The van der Waals surface area contributed by atoms with Crippen molar-refractivity contribution in [1.82, 2.24) is 0 Å². The van der Waals surface area contributed by atoms with Crippen LogP contribution in [0.25, 0.3) is 0 Å². The van der Waals surface area contributed by atoms with Crippen LogP contribution in [-0.4, -0.2) is 12.7 Å². The predicted octanol–water partition coefficient (Wildman–Crippen LogP) is 2.62. The van der Waals surface area contributed by atoms with Crippen molar-refractivity contribution in [2.24, 2.45) is 0 Å². The molecular weight excluding hydrogens is 210 g/mol. The maximum Gasteiger partial charge on any atom is 0.0806 e. The molecule has 1 aliphatic heterocycles. The molecule has 1 unspecified atom stereocenters. The van der Waals surface area contributed by atoms with E-state index in [0.717, 1.165) is 24.5 Å². The summed E-state index contributed by atoms with van der Waals surface area (Å²) in [6.07, 6.45) is 7.70. The molecule has 1 atom stereocenters. The summed E-state index contributed by atoms with van der Waals surface area (Å²) in [5.41, 5.74) is 1.28. The van der Waals surface area contributed by atoms with Gasteiger partial charge >= 0.3 is 0 Å². The molecule has 12 heavy (non-hydrogen) atoms. The average molecular weight is 222 g/mol. The van der Waals surface area contributed by atoms with Crippen LogP contribution in [0, 0.1) is 0 Å². The molecule has 1 aliphatic carbocycles. The molecule has 0 spiro atoms. The molecular formula is C9H11ClOV. The summed E-state index contributed by atoms with van der Waals surface area (Å²) in [6, 6.07) is 0. The van der Waals surface area contributed by atoms with Crippen molar-refractivity contribution in [3.05, 3.63) is 22.8 Å². The largest absolute Gasteiger partial charge is 0.374 e. The van der Waals surface area contributed by atoms with Gasteiger partial charge in [0, 0.05) is 30.2 Å². The molecule has 0 aromatic carbocycles. The zero-order chi connectivity index (χ0) is 7.68. The van der Waals surface area contributed by atoms with Gasteiger partial charge in [0.1, 0.15) is 0 Å². The fourth-order valence-corrected chi connectivity index (χ4v) is 1.92. The van der Waals surface area contributed by atoms with Gasteiger partial charge in [0.2, 0.25) is 0 Å². The third-order valence-corrected chi connectivity index (χ3v) is 2.60. The molecule has 1 fully saturated rings. The van der Waals surface area contributed by atoms with Gasteiger partial charge in [-0.2, -0.15) is 0 Å². The second-order valence-electron chi connectivity index (χ2n) is 2.98. The molecule has 0 aromatic rings. The van der Waals surface area contributed by atoms with Crippen molar-refractivity contribution in [1.29, 1.82) is 0 Å². The monoisotopic (exact) mass is 221 g/mol. The minimum Gasteiger partial charge on any atom is -0.374 e. The van der Waals surface area contributed by atoms with Crippen LogP contribution in [0.5, 0.6) is 0 Å². The molecule has 1 heterocycles. The standard InChI is InChI=1S/C9H11ClO.V/c10-8-4-1-3-7(8)9-5-2-6-11-9;/h1,4,9H,2-3,5-6H2;. The summed E-state index contributed by atoms with van der Waals surface area (Å²) in [5.74, 6) is 0. The summed E-state index contributed by atoms with van der Waals surface area (Å²) in [4.78, 5) is 0. The van der Waals surface area contributed by atoms with Gasteiger partial charge in [0.15, 0.2) is 0 Å². The van der Waals surface area contributed by atoms with Gasteiger partial charge in [-0.15, -0.1) is 0 Å². The number of allylic oxidation sites excluding steroid dienone is 3. The fourth-order valence-electron chi connectivity index (χ4n) is 1.63. The fraction of sp³-hybridized carbons (Fsp3) is 0.556. The zero-order valence-corrected chi connectivity index (χ0v) is 8.95. The first-order valence-corrected chi connectivity index (χ1v) is 4.42. The van der Waals surface area contributed by atoms with E-state index in [0.29, 0.717) is 6.10 Å². The Kier molecular flexibility index (Phi) is 3.92. The van der Waals surface area contributed by atoms with E-state index in [-0.39, 0.29) is 18.6 Å². The Morgan fingerprint density at radius 3 is 2.83 bits per heavy atom. The predicted molar refractivity (Wildman–Crippen MR) is 45.6 cm³/mol. The summed E-state index contributed by atoms with van der Waals surface area (Å²) >= 11 is 5.97. The molecule has 2 aliphatic rings. The zero-order valence-electron chi connectivity index (χ0n) is 6.79. The van der Waals surface area contributed by atoms with Gasteiger partial charge in [-0.05, 0) is 30.9 Å². The number of hydrogen-bond acceptors (Lipinski definition) is 1. The molecule has 1 saturated heterocycles. The number of halogens is 1. The smallest absolute Gasteiger partial charge is 0.0806 e. The van der Waals surface area contributed by atoms with Gasteiger partial charge < -0.3 is 4.74 Å². The summed E-state index contributed by atoms with van der Waals surface area (Å²) < 4.78 is 5.52. The summed E-state index contributed by atoms with van der Waals surface area (Å²) in [6.45, 7) is 0.901. The SMILES string of the molecule is ClC1=C(C2CCCO2)CC=C1.[V]. The number of ether oxygens (including phenoxy) is 1. The topological polar surface area (TPSA) is 9.23 Å². The summed E-state index contributed by atoms with van der Waals surface area (Å²) in [5, 5.41) is 0.900. The third kappa shape index (κ3) is 1.97. The third-order valence-electron chi connectivity index (χ3n) is 2.23. The van der Waals surface area contributed by atoms with Crippen molar-refractivity contribution >= 4 is 11.6 Å².